The summed E-state index contributed by atoms with van der Waals surface area (Å²) >= 11 is 1.57. The predicted octanol–water partition coefficient (Wildman–Crippen LogP) is 1.90. The van der Waals surface area contributed by atoms with Crippen LogP contribution in [0.3, 0.4) is 0 Å². The topological polar surface area (TPSA) is 87.3 Å². The van der Waals surface area contributed by atoms with Gasteiger partial charge in [0.05, 0.1) is 17.8 Å². The summed E-state index contributed by atoms with van der Waals surface area (Å²) in [5, 5.41) is 10.2. The molecule has 2 aromatic rings. The zero-order valence-electron chi connectivity index (χ0n) is 12.9. The van der Waals surface area contributed by atoms with Gasteiger partial charge in [-0.1, -0.05) is 18.2 Å². The van der Waals surface area contributed by atoms with E-state index in [1.54, 1.807) is 35.6 Å². The molecule has 3 rings (SSSR count). The van der Waals surface area contributed by atoms with Gasteiger partial charge in [0, 0.05) is 11.3 Å². The third-order valence-electron chi connectivity index (χ3n) is 3.75. The van der Waals surface area contributed by atoms with Crippen LogP contribution in [0.4, 0.5) is 5.69 Å². The number of nitrogens with one attached hydrogen (secondary N) is 3. The average molecular weight is 343 g/mol. The lowest BCUT2D eigenvalue weighted by atomic mass is 10.1. The lowest BCUT2D eigenvalue weighted by Gasteiger charge is -2.14. The SMILES string of the molecule is O=C(CC[C@@H]1NC(=O)c2ccccc2NC1=O)NCc1cccs1. The second-order valence-electron chi connectivity index (χ2n) is 5.46. The summed E-state index contributed by atoms with van der Waals surface area (Å²) in [6, 6.07) is 9.98. The molecule has 7 heteroatoms. The number of fused-ring (bicyclic) bond motifs is 1. The van der Waals surface area contributed by atoms with Crippen molar-refractivity contribution in [2.24, 2.45) is 0 Å². The predicted molar refractivity (Wildman–Crippen MR) is 91.7 cm³/mol. The fourth-order valence-electron chi connectivity index (χ4n) is 2.48. The molecule has 1 atom stereocenters. The molecule has 0 bridgehead atoms. The summed E-state index contributed by atoms with van der Waals surface area (Å²) in [7, 11) is 0. The Labute approximate surface area is 143 Å². The highest BCUT2D eigenvalue weighted by Gasteiger charge is 2.27. The number of hydrogen-bond donors (Lipinski definition) is 3. The third-order valence-corrected chi connectivity index (χ3v) is 4.63. The summed E-state index contributed by atoms with van der Waals surface area (Å²) in [4.78, 5) is 37.4. The van der Waals surface area contributed by atoms with Crippen molar-refractivity contribution in [1.29, 1.82) is 0 Å². The van der Waals surface area contributed by atoms with E-state index in [9.17, 15) is 14.4 Å². The van der Waals surface area contributed by atoms with Crippen LogP contribution in [0.15, 0.2) is 41.8 Å². The minimum Gasteiger partial charge on any atom is -0.351 e. The van der Waals surface area contributed by atoms with Crippen LogP contribution in [0.25, 0.3) is 0 Å². The summed E-state index contributed by atoms with van der Waals surface area (Å²) < 4.78 is 0. The molecule has 3 amide bonds. The molecule has 1 aliphatic rings. The minimum atomic E-state index is -0.725. The van der Waals surface area contributed by atoms with E-state index in [0.29, 0.717) is 17.8 Å². The van der Waals surface area contributed by atoms with E-state index in [0.717, 1.165) is 4.88 Å². The molecule has 0 aliphatic carbocycles. The van der Waals surface area contributed by atoms with E-state index < -0.39 is 6.04 Å². The van der Waals surface area contributed by atoms with Gasteiger partial charge in [-0.15, -0.1) is 11.3 Å². The Kier molecular flexibility index (Phi) is 4.90. The summed E-state index contributed by atoms with van der Waals surface area (Å²) in [5.74, 6) is -0.764. The highest BCUT2D eigenvalue weighted by molar-refractivity contribution is 7.09. The van der Waals surface area contributed by atoms with Crippen LogP contribution in [0.2, 0.25) is 0 Å². The Morgan fingerprint density at radius 3 is 2.79 bits per heavy atom. The molecule has 1 aliphatic heterocycles. The van der Waals surface area contributed by atoms with Crippen LogP contribution < -0.4 is 16.0 Å². The molecular weight excluding hydrogens is 326 g/mol. The number of hydrogen-bond acceptors (Lipinski definition) is 4. The lowest BCUT2D eigenvalue weighted by molar-refractivity contribution is -0.122. The number of amides is 3. The first-order chi connectivity index (χ1) is 11.6. The van der Waals surface area contributed by atoms with Crippen molar-refractivity contribution >= 4 is 34.7 Å². The Morgan fingerprint density at radius 1 is 1.17 bits per heavy atom. The van der Waals surface area contributed by atoms with Crippen LogP contribution in [-0.4, -0.2) is 23.8 Å². The van der Waals surface area contributed by atoms with Gasteiger partial charge in [-0.3, -0.25) is 14.4 Å². The Hall–Kier alpha value is -2.67. The number of benzene rings is 1. The van der Waals surface area contributed by atoms with Crippen molar-refractivity contribution in [2.75, 3.05) is 5.32 Å². The largest absolute Gasteiger partial charge is 0.351 e. The van der Waals surface area contributed by atoms with E-state index in [4.69, 9.17) is 0 Å². The van der Waals surface area contributed by atoms with Gasteiger partial charge in [-0.05, 0) is 30.0 Å². The number of anilines is 1. The molecule has 0 radical (unpaired) electrons. The normalized spacial score (nSPS) is 16.6. The first-order valence-corrected chi connectivity index (χ1v) is 8.51. The smallest absolute Gasteiger partial charge is 0.254 e. The fraction of sp³-hybridized carbons (Fsp3) is 0.235. The molecule has 124 valence electrons. The average Bonchev–Trinajstić information content (AvgIpc) is 3.06. The van der Waals surface area contributed by atoms with E-state index in [1.165, 1.54) is 0 Å². The Bertz CT molecular complexity index is 758. The maximum Gasteiger partial charge on any atom is 0.254 e. The van der Waals surface area contributed by atoms with E-state index in [-0.39, 0.29) is 30.6 Å². The molecule has 3 N–H and O–H groups in total. The monoisotopic (exact) mass is 343 g/mol. The minimum absolute atomic E-state index is 0.146. The zero-order chi connectivity index (χ0) is 16.9. The molecule has 0 spiro atoms. The highest BCUT2D eigenvalue weighted by Crippen LogP contribution is 2.19. The van der Waals surface area contributed by atoms with Crippen molar-refractivity contribution in [3.8, 4) is 0 Å². The molecule has 6 nitrogen and oxygen atoms in total. The van der Waals surface area contributed by atoms with Gasteiger partial charge < -0.3 is 16.0 Å². The third kappa shape index (κ3) is 3.80. The first kappa shape index (κ1) is 16.2. The van der Waals surface area contributed by atoms with Gasteiger partial charge >= 0.3 is 0 Å². The molecule has 2 heterocycles. The molecule has 1 aromatic carbocycles. The Balaban J connectivity index is 1.55. The van der Waals surface area contributed by atoms with Crippen LogP contribution >= 0.6 is 11.3 Å². The first-order valence-electron chi connectivity index (χ1n) is 7.63. The molecular formula is C17H17N3O3S. The summed E-state index contributed by atoms with van der Waals surface area (Å²) in [6.07, 6.45) is 0.419. The van der Waals surface area contributed by atoms with Gasteiger partial charge in [0.1, 0.15) is 6.04 Å². The summed E-state index contributed by atoms with van der Waals surface area (Å²) in [5.41, 5.74) is 0.917. The van der Waals surface area contributed by atoms with Crippen LogP contribution in [-0.2, 0) is 16.1 Å². The van der Waals surface area contributed by atoms with Crippen LogP contribution in [0.1, 0.15) is 28.1 Å². The standard InChI is InChI=1S/C17H17N3O3S/c21-15(18-10-11-4-3-9-24-11)8-7-14-17(23)19-13-6-2-1-5-12(13)16(22)20-14/h1-6,9,14H,7-8,10H2,(H,18,21)(H,19,23)(H,20,22)/t14-/m0/s1. The van der Waals surface area contributed by atoms with Gasteiger partial charge in [-0.25, -0.2) is 0 Å². The second kappa shape index (κ2) is 7.27. The van der Waals surface area contributed by atoms with Crippen molar-refractivity contribution in [1.82, 2.24) is 10.6 Å². The summed E-state index contributed by atoms with van der Waals surface area (Å²) in [6.45, 7) is 0.477. The van der Waals surface area contributed by atoms with Gasteiger partial charge in [-0.2, -0.15) is 0 Å². The number of thiophene rings is 1. The van der Waals surface area contributed by atoms with Crippen molar-refractivity contribution in [2.45, 2.75) is 25.4 Å². The maximum absolute atomic E-state index is 12.2. The molecule has 0 saturated carbocycles. The molecule has 1 aromatic heterocycles. The number of para-hydroxylation sites is 1. The van der Waals surface area contributed by atoms with E-state index >= 15 is 0 Å². The van der Waals surface area contributed by atoms with Gasteiger partial charge in [0.25, 0.3) is 5.91 Å². The highest BCUT2D eigenvalue weighted by atomic mass is 32.1. The van der Waals surface area contributed by atoms with Gasteiger partial charge in [0.2, 0.25) is 11.8 Å². The second-order valence-corrected chi connectivity index (χ2v) is 6.49. The van der Waals surface area contributed by atoms with Gasteiger partial charge in [0.15, 0.2) is 0 Å². The maximum atomic E-state index is 12.2. The number of carbonyl (C=O) groups excluding carboxylic acids is 3. The lowest BCUT2D eigenvalue weighted by Crippen LogP contribution is -2.42. The number of rotatable bonds is 5. The van der Waals surface area contributed by atoms with Crippen molar-refractivity contribution in [3.63, 3.8) is 0 Å². The van der Waals surface area contributed by atoms with E-state index in [1.807, 2.05) is 17.5 Å². The Morgan fingerprint density at radius 2 is 2.00 bits per heavy atom. The number of carbonyl (C=O) groups is 3. The molecule has 0 unspecified atom stereocenters. The van der Waals surface area contributed by atoms with E-state index in [2.05, 4.69) is 16.0 Å². The van der Waals surface area contributed by atoms with Crippen LogP contribution in [0.5, 0.6) is 0 Å². The molecule has 24 heavy (non-hydrogen) atoms. The molecule has 0 fully saturated rings. The quantitative estimate of drug-likeness (QED) is 0.775. The fourth-order valence-corrected chi connectivity index (χ4v) is 3.12. The van der Waals surface area contributed by atoms with Crippen molar-refractivity contribution < 1.29 is 14.4 Å². The van der Waals surface area contributed by atoms with Crippen molar-refractivity contribution in [3.05, 3.63) is 52.2 Å². The zero-order valence-corrected chi connectivity index (χ0v) is 13.7. The van der Waals surface area contributed by atoms with Crippen LogP contribution in [0, 0.1) is 0 Å². The molecule has 0 saturated heterocycles.